The van der Waals surface area contributed by atoms with E-state index in [4.69, 9.17) is 4.74 Å². The van der Waals surface area contributed by atoms with Crippen LogP contribution in [0.5, 0.6) is 5.75 Å². The van der Waals surface area contributed by atoms with Crippen molar-refractivity contribution in [3.05, 3.63) is 102 Å². The van der Waals surface area contributed by atoms with Gasteiger partial charge in [-0.2, -0.15) is 4.31 Å². The van der Waals surface area contributed by atoms with Gasteiger partial charge in [0.25, 0.3) is 0 Å². The zero-order chi connectivity index (χ0) is 26.1. The smallest absolute Gasteiger partial charge is 0.318 e. The number of fused-ring (bicyclic) bond motifs is 1. The number of pyridine rings is 1. The third kappa shape index (κ3) is 8.64. The molecule has 2 N–H and O–H groups in total. The molecule has 0 amide bonds. The minimum Gasteiger partial charge on any atom is -0.492 e. The number of rotatable bonds is 13. The zero-order valence-electron chi connectivity index (χ0n) is 21.1. The number of hydrogen-bond donors (Lipinski definition) is 2. The quantitative estimate of drug-likeness (QED) is 0.222. The number of aromatic nitrogens is 1. The predicted octanol–water partition coefficient (Wildman–Crippen LogP) is 4.41. The van der Waals surface area contributed by atoms with E-state index in [-0.39, 0.29) is 42.8 Å². The number of benzene rings is 3. The summed E-state index contributed by atoms with van der Waals surface area (Å²) in [4.78, 5) is 15.5. The van der Waals surface area contributed by atoms with Crippen molar-refractivity contribution >= 4 is 51.6 Å². The summed E-state index contributed by atoms with van der Waals surface area (Å²) >= 11 is 0. The third-order valence-electron chi connectivity index (χ3n) is 5.85. The third-order valence-corrected chi connectivity index (χ3v) is 7.76. The Labute approximate surface area is 240 Å². The van der Waals surface area contributed by atoms with Crippen LogP contribution in [0.4, 0.5) is 0 Å². The fourth-order valence-electron chi connectivity index (χ4n) is 4.06. The average molecular weight is 593 g/mol. The molecule has 0 spiro atoms. The van der Waals surface area contributed by atoms with Gasteiger partial charge < -0.3 is 15.2 Å². The van der Waals surface area contributed by atoms with Crippen molar-refractivity contribution in [2.45, 2.75) is 11.3 Å². The van der Waals surface area contributed by atoms with Gasteiger partial charge in [-0.25, -0.2) is 8.42 Å². The van der Waals surface area contributed by atoms with Crippen LogP contribution >= 0.6 is 24.8 Å². The summed E-state index contributed by atoms with van der Waals surface area (Å²) in [7, 11) is -4.04. The number of nitrogens with one attached hydrogen (secondary N) is 1. The molecule has 4 aromatic rings. The number of carbonyl (C=O) groups is 1. The van der Waals surface area contributed by atoms with Crippen LogP contribution in [0.15, 0.2) is 96.2 Å². The standard InChI is InChI=1S/C28H29N3O5S.2ClH/c32-28(33)21-31(37(34,35)27-12-6-10-24-20-30-14-13-25(24)27)17-15-29-16-18-36-26-11-5-4-9-23(26)19-22-7-2-1-3-8-22;;/h1-14,20,29H,15-19,21H2,(H,32,33);2*1H. The van der Waals surface area contributed by atoms with Crippen LogP contribution in [0.2, 0.25) is 0 Å². The Morgan fingerprint density at radius 1 is 0.923 bits per heavy atom. The molecule has 1 aromatic heterocycles. The highest BCUT2D eigenvalue weighted by molar-refractivity contribution is 7.89. The summed E-state index contributed by atoms with van der Waals surface area (Å²) < 4.78 is 33.7. The lowest BCUT2D eigenvalue weighted by Gasteiger charge is -2.21. The van der Waals surface area contributed by atoms with E-state index in [0.29, 0.717) is 23.9 Å². The van der Waals surface area contributed by atoms with E-state index in [1.165, 1.54) is 17.8 Å². The van der Waals surface area contributed by atoms with Gasteiger partial charge in [0, 0.05) is 49.2 Å². The largest absolute Gasteiger partial charge is 0.492 e. The highest BCUT2D eigenvalue weighted by Crippen LogP contribution is 2.25. The predicted molar refractivity (Wildman–Crippen MR) is 157 cm³/mol. The van der Waals surface area contributed by atoms with Crippen LogP contribution in [0, 0.1) is 0 Å². The first-order chi connectivity index (χ1) is 17.9. The zero-order valence-corrected chi connectivity index (χ0v) is 23.6. The molecule has 4 rings (SSSR count). The summed E-state index contributed by atoms with van der Waals surface area (Å²) in [5.74, 6) is -0.419. The average Bonchev–Trinajstić information content (AvgIpc) is 2.90. The lowest BCUT2D eigenvalue weighted by molar-refractivity contribution is -0.137. The Bertz CT molecular complexity index is 1450. The maximum Gasteiger partial charge on any atom is 0.318 e. The second-order valence-electron chi connectivity index (χ2n) is 8.45. The van der Waals surface area contributed by atoms with E-state index in [1.54, 1.807) is 24.4 Å². The van der Waals surface area contributed by atoms with E-state index in [1.807, 2.05) is 42.5 Å². The molecule has 8 nitrogen and oxygen atoms in total. The van der Waals surface area contributed by atoms with Gasteiger partial charge in [0.1, 0.15) is 18.9 Å². The molecule has 11 heteroatoms. The molecular weight excluding hydrogens is 561 g/mol. The molecule has 0 saturated carbocycles. The van der Waals surface area contributed by atoms with Crippen molar-refractivity contribution in [2.75, 3.05) is 32.8 Å². The topological polar surface area (TPSA) is 109 Å². The van der Waals surface area contributed by atoms with Gasteiger partial charge in [-0.05, 0) is 29.3 Å². The van der Waals surface area contributed by atoms with Gasteiger partial charge >= 0.3 is 5.97 Å². The molecule has 0 aliphatic heterocycles. The highest BCUT2D eigenvalue weighted by atomic mass is 35.5. The molecule has 0 fully saturated rings. The first-order valence-corrected chi connectivity index (χ1v) is 13.4. The van der Waals surface area contributed by atoms with Crippen molar-refractivity contribution < 1.29 is 23.1 Å². The Balaban J connectivity index is 0.00000267. The monoisotopic (exact) mass is 591 g/mol. The molecule has 0 aliphatic carbocycles. The van der Waals surface area contributed by atoms with E-state index < -0.39 is 22.5 Å². The van der Waals surface area contributed by atoms with Crippen molar-refractivity contribution in [1.29, 1.82) is 0 Å². The molecule has 1 heterocycles. The molecule has 0 atom stereocenters. The van der Waals surface area contributed by atoms with Crippen molar-refractivity contribution in [1.82, 2.24) is 14.6 Å². The van der Waals surface area contributed by atoms with Gasteiger partial charge in [0.05, 0.1) is 4.90 Å². The summed E-state index contributed by atoms with van der Waals surface area (Å²) in [6.07, 6.45) is 3.86. The molecule has 39 heavy (non-hydrogen) atoms. The van der Waals surface area contributed by atoms with Crippen molar-refractivity contribution in [3.63, 3.8) is 0 Å². The number of nitrogens with zero attached hydrogens (tertiary/aromatic N) is 2. The maximum absolute atomic E-state index is 13.4. The van der Waals surface area contributed by atoms with Gasteiger partial charge in [0.2, 0.25) is 10.0 Å². The summed E-state index contributed by atoms with van der Waals surface area (Å²) in [5, 5.41) is 13.7. The number of carboxylic acid groups (broad SMARTS) is 1. The maximum atomic E-state index is 13.4. The first kappa shape index (κ1) is 32.0. The number of carboxylic acids is 1. The molecule has 0 aliphatic rings. The summed E-state index contributed by atoms with van der Waals surface area (Å²) in [5.41, 5.74) is 2.27. The number of hydrogen-bond acceptors (Lipinski definition) is 6. The van der Waals surface area contributed by atoms with E-state index >= 15 is 0 Å². The normalized spacial score (nSPS) is 11.0. The van der Waals surface area contributed by atoms with Crippen LogP contribution in [-0.4, -0.2) is 61.6 Å². The number of halogens is 2. The fraction of sp³-hybridized carbons (Fsp3) is 0.214. The minimum absolute atomic E-state index is 0. The van der Waals surface area contributed by atoms with E-state index in [2.05, 4.69) is 22.4 Å². The number of sulfonamides is 1. The number of aliphatic carboxylic acids is 1. The molecule has 0 saturated heterocycles. The van der Waals surface area contributed by atoms with Crippen LogP contribution in [0.1, 0.15) is 11.1 Å². The molecule has 3 aromatic carbocycles. The van der Waals surface area contributed by atoms with E-state index in [0.717, 1.165) is 22.0 Å². The van der Waals surface area contributed by atoms with Gasteiger partial charge in [0.15, 0.2) is 0 Å². The summed E-state index contributed by atoms with van der Waals surface area (Å²) in [6.45, 7) is 0.498. The molecule has 0 unspecified atom stereocenters. The van der Waals surface area contributed by atoms with Crippen molar-refractivity contribution in [2.24, 2.45) is 0 Å². The molecular formula is C28H31Cl2N3O5S. The van der Waals surface area contributed by atoms with Gasteiger partial charge in [-0.3, -0.25) is 9.78 Å². The minimum atomic E-state index is -4.04. The van der Waals surface area contributed by atoms with Crippen LogP contribution < -0.4 is 10.1 Å². The van der Waals surface area contributed by atoms with Gasteiger partial charge in [-0.15, -0.1) is 24.8 Å². The summed E-state index contributed by atoms with van der Waals surface area (Å²) in [6, 6.07) is 24.5. The highest BCUT2D eigenvalue weighted by Gasteiger charge is 2.27. The van der Waals surface area contributed by atoms with Gasteiger partial charge in [-0.1, -0.05) is 60.7 Å². The van der Waals surface area contributed by atoms with Crippen LogP contribution in [0.3, 0.4) is 0 Å². The number of ether oxygens (including phenoxy) is 1. The lowest BCUT2D eigenvalue weighted by Crippen LogP contribution is -2.40. The molecule has 0 bridgehead atoms. The molecule has 208 valence electrons. The SMILES string of the molecule is Cl.Cl.O=C(O)CN(CCNCCOc1ccccc1Cc1ccccc1)S(=O)(=O)c1cccc2cnccc12. The fourth-order valence-corrected chi connectivity index (χ4v) is 5.66. The lowest BCUT2D eigenvalue weighted by atomic mass is 10.0. The second kappa shape index (κ2) is 15.4. The van der Waals surface area contributed by atoms with Crippen molar-refractivity contribution in [3.8, 4) is 5.75 Å². The Hall–Kier alpha value is -3.21. The second-order valence-corrected chi connectivity index (χ2v) is 10.4. The number of para-hydroxylation sites is 1. The first-order valence-electron chi connectivity index (χ1n) is 11.9. The van der Waals surface area contributed by atoms with Crippen LogP contribution in [0.25, 0.3) is 10.8 Å². The Morgan fingerprint density at radius 3 is 2.44 bits per heavy atom. The van der Waals surface area contributed by atoms with E-state index in [9.17, 15) is 18.3 Å². The van der Waals surface area contributed by atoms with Crippen LogP contribution in [-0.2, 0) is 21.2 Å². The Morgan fingerprint density at radius 2 is 1.67 bits per heavy atom. The Kier molecular flexibility index (Phi) is 12.6. The molecule has 0 radical (unpaired) electrons.